The molecule has 0 aromatic carbocycles. The summed E-state index contributed by atoms with van der Waals surface area (Å²) in [5.74, 6) is 15.0. The van der Waals surface area contributed by atoms with Crippen LogP contribution in [0.4, 0.5) is 0 Å². The average molecular weight is 400 g/mol. The minimum absolute atomic E-state index is 0. The van der Waals surface area contributed by atoms with Gasteiger partial charge in [0.15, 0.2) is 0 Å². The van der Waals surface area contributed by atoms with Crippen molar-refractivity contribution in [3.05, 3.63) is 85.7 Å². The van der Waals surface area contributed by atoms with Crippen molar-refractivity contribution in [2.75, 3.05) is 0 Å². The second-order valence-electron chi connectivity index (χ2n) is 7.64. The van der Waals surface area contributed by atoms with Gasteiger partial charge >= 0.3 is 21.7 Å². The average Bonchev–Trinajstić information content (AvgIpc) is 2.86. The molecule has 0 aliphatic heterocycles. The topological polar surface area (TPSA) is 0 Å². The van der Waals surface area contributed by atoms with Crippen molar-refractivity contribution in [1.82, 2.24) is 0 Å². The molecule has 0 nitrogen and oxygen atoms in total. The third-order valence-corrected chi connectivity index (χ3v) is 6.12. The van der Waals surface area contributed by atoms with Gasteiger partial charge in [0.2, 0.25) is 0 Å². The SMILES string of the molecule is C=CCC([CH2-])[CH2-].C[C]1[C](C)[C](C)[C](C)[C]1C.C[C]1[C](C)[C](C)[C](C)[C]1C.[Ti+4]. The van der Waals surface area contributed by atoms with Gasteiger partial charge in [-0.15, -0.1) is 6.58 Å². The summed E-state index contributed by atoms with van der Waals surface area (Å²) in [5, 5.41) is 0. The van der Waals surface area contributed by atoms with E-state index >= 15 is 0 Å². The quantitative estimate of drug-likeness (QED) is 0.252. The van der Waals surface area contributed by atoms with Gasteiger partial charge in [0.25, 0.3) is 0 Å². The zero-order valence-corrected chi connectivity index (χ0v) is 21.0. The molecule has 146 valence electrons. The summed E-state index contributed by atoms with van der Waals surface area (Å²) in [6, 6.07) is 0. The first-order valence-electron chi connectivity index (χ1n) is 9.54. The second-order valence-corrected chi connectivity index (χ2v) is 7.64. The number of hydrogen-bond donors (Lipinski definition) is 0. The monoisotopic (exact) mass is 400 g/mol. The van der Waals surface area contributed by atoms with E-state index in [1.807, 2.05) is 6.08 Å². The van der Waals surface area contributed by atoms with Crippen LogP contribution in [0.2, 0.25) is 0 Å². The van der Waals surface area contributed by atoms with Gasteiger partial charge in [-0.2, -0.15) is 0 Å². The normalized spacial score (nSPS) is 23.1. The van der Waals surface area contributed by atoms with Crippen LogP contribution < -0.4 is 0 Å². The van der Waals surface area contributed by atoms with Crippen LogP contribution in [-0.2, 0) is 21.7 Å². The summed E-state index contributed by atoms with van der Waals surface area (Å²) in [6.45, 7) is 32.8. The smallest absolute Gasteiger partial charge is 0.369 e. The van der Waals surface area contributed by atoms with Crippen LogP contribution in [0.5, 0.6) is 0 Å². The fourth-order valence-corrected chi connectivity index (χ4v) is 3.05. The van der Waals surface area contributed by atoms with Crippen molar-refractivity contribution < 1.29 is 21.7 Å². The Hall–Kier alpha value is 0.454. The maximum Gasteiger partial charge on any atom is 4.00 e. The molecule has 1 heteroatoms. The molecule has 2 saturated carbocycles. The summed E-state index contributed by atoms with van der Waals surface area (Å²) in [5.41, 5.74) is 0. The van der Waals surface area contributed by atoms with Crippen LogP contribution in [0.1, 0.15) is 75.7 Å². The van der Waals surface area contributed by atoms with Crippen LogP contribution in [0, 0.1) is 78.9 Å². The van der Waals surface area contributed by atoms with E-state index < -0.39 is 0 Å². The molecular weight excluding hydrogens is 360 g/mol. The first kappa shape index (κ1) is 29.7. The Labute approximate surface area is 188 Å². The van der Waals surface area contributed by atoms with Gasteiger partial charge in [0.05, 0.1) is 0 Å². The number of hydrogen-bond acceptors (Lipinski definition) is 0. The summed E-state index contributed by atoms with van der Waals surface area (Å²) >= 11 is 0. The third kappa shape index (κ3) is 8.38. The molecule has 0 bridgehead atoms. The van der Waals surface area contributed by atoms with Crippen LogP contribution >= 0.6 is 0 Å². The summed E-state index contributed by atoms with van der Waals surface area (Å²) in [4.78, 5) is 0. The molecule has 0 aromatic rings. The van der Waals surface area contributed by atoms with Crippen molar-refractivity contribution in [2.45, 2.75) is 75.7 Å². The van der Waals surface area contributed by atoms with Gasteiger partial charge in [-0.25, -0.2) is 0 Å². The van der Waals surface area contributed by atoms with E-state index in [1.54, 1.807) is 0 Å². The van der Waals surface area contributed by atoms with E-state index in [0.717, 1.165) is 6.42 Å². The summed E-state index contributed by atoms with van der Waals surface area (Å²) < 4.78 is 0. The third-order valence-electron chi connectivity index (χ3n) is 6.12. The molecule has 27 heavy (non-hydrogen) atoms. The molecule has 0 aromatic heterocycles. The molecule has 0 saturated heterocycles. The van der Waals surface area contributed by atoms with E-state index in [9.17, 15) is 0 Å². The minimum Gasteiger partial charge on any atom is -0.369 e. The van der Waals surface area contributed by atoms with Gasteiger partial charge in [0, 0.05) is 0 Å². The summed E-state index contributed by atoms with van der Waals surface area (Å²) in [6.07, 6.45) is 2.74. The van der Waals surface area contributed by atoms with Crippen LogP contribution in [-0.4, -0.2) is 0 Å². The molecule has 0 N–H and O–H groups in total. The maximum atomic E-state index is 3.65. The Morgan fingerprint density at radius 3 is 0.741 bits per heavy atom. The largest absolute Gasteiger partial charge is 4.00 e. The van der Waals surface area contributed by atoms with E-state index in [1.165, 1.54) is 59.2 Å². The molecule has 0 atom stereocenters. The van der Waals surface area contributed by atoms with Crippen LogP contribution in [0.15, 0.2) is 12.7 Å². The molecule has 2 rings (SSSR count). The van der Waals surface area contributed by atoms with Gasteiger partial charge in [0.1, 0.15) is 0 Å². The molecule has 2 fully saturated rings. The van der Waals surface area contributed by atoms with E-state index in [4.69, 9.17) is 0 Å². The van der Waals surface area contributed by atoms with Gasteiger partial charge in [-0.1, -0.05) is 81.7 Å². The van der Waals surface area contributed by atoms with Crippen molar-refractivity contribution in [3.63, 3.8) is 0 Å². The van der Waals surface area contributed by atoms with Crippen molar-refractivity contribution in [3.8, 4) is 0 Å². The Bertz CT molecular complexity index is 268. The van der Waals surface area contributed by atoms with Crippen molar-refractivity contribution in [1.29, 1.82) is 0 Å². The Morgan fingerprint density at radius 1 is 0.556 bits per heavy atom. The molecule has 0 heterocycles. The fraction of sp³-hybridized carbons (Fsp3) is 0.462. The standard InChI is InChI=1S/2C10H15.C6H10.Ti/c2*1-6-7(2)9(4)10(5)8(6)3;1-4-5-6(2)3;/h2*1-5H3;4,6H,1-3,5H2;/q;;-2;+4. The Morgan fingerprint density at radius 2 is 0.704 bits per heavy atom. The molecule has 10 radical (unpaired) electrons. The zero-order chi connectivity index (χ0) is 20.8. The molecule has 0 amide bonds. The molecule has 0 spiro atoms. The maximum absolute atomic E-state index is 3.65. The number of allylic oxidation sites excluding steroid dienone is 1. The molecule has 2 aliphatic carbocycles. The van der Waals surface area contributed by atoms with Gasteiger partial charge < -0.3 is 19.8 Å². The molecule has 0 unspecified atom stereocenters. The van der Waals surface area contributed by atoms with E-state index in [0.29, 0.717) is 0 Å². The predicted molar refractivity (Wildman–Crippen MR) is 118 cm³/mol. The summed E-state index contributed by atoms with van der Waals surface area (Å²) in [7, 11) is 0. The number of rotatable bonds is 2. The fourth-order valence-electron chi connectivity index (χ4n) is 3.05. The Balaban J connectivity index is 0. The van der Waals surface area contributed by atoms with Crippen LogP contribution in [0.25, 0.3) is 0 Å². The molecule has 2 aliphatic rings. The van der Waals surface area contributed by atoms with Crippen molar-refractivity contribution in [2.24, 2.45) is 5.92 Å². The first-order chi connectivity index (χ1) is 11.9. The van der Waals surface area contributed by atoms with Crippen molar-refractivity contribution >= 4 is 0 Å². The molecular formula is C26H40Ti+2. The Kier molecular flexibility index (Phi) is 15.0. The van der Waals surface area contributed by atoms with Gasteiger partial charge in [-0.05, 0) is 59.2 Å². The predicted octanol–water partition coefficient (Wildman–Crippen LogP) is 7.79. The van der Waals surface area contributed by atoms with E-state index in [-0.39, 0.29) is 27.6 Å². The van der Waals surface area contributed by atoms with Gasteiger partial charge in [-0.3, -0.25) is 0 Å². The zero-order valence-electron chi connectivity index (χ0n) is 19.5. The second kappa shape index (κ2) is 13.6. The van der Waals surface area contributed by atoms with Crippen LogP contribution in [0.3, 0.4) is 0 Å². The minimum atomic E-state index is 0. The van der Waals surface area contributed by atoms with E-state index in [2.05, 4.69) is 89.7 Å². The first-order valence-corrected chi connectivity index (χ1v) is 9.54.